The summed E-state index contributed by atoms with van der Waals surface area (Å²) in [5.74, 6) is 1.10. The molecule has 1 aliphatic heterocycles. The van der Waals surface area contributed by atoms with Crippen molar-refractivity contribution in [2.45, 2.75) is 19.6 Å². The molecule has 27 heavy (non-hydrogen) atoms. The van der Waals surface area contributed by atoms with Crippen LogP contribution in [0.15, 0.2) is 54.6 Å². The molecule has 5 nitrogen and oxygen atoms in total. The zero-order valence-electron chi connectivity index (χ0n) is 16.0. The van der Waals surface area contributed by atoms with Crippen LogP contribution in [0.4, 0.5) is 0 Å². The Morgan fingerprint density at radius 3 is 2.59 bits per heavy atom. The highest BCUT2D eigenvalue weighted by atomic mass is 16.5. The summed E-state index contributed by atoms with van der Waals surface area (Å²) in [5, 5.41) is 0. The second-order valence-electron chi connectivity index (χ2n) is 6.82. The van der Waals surface area contributed by atoms with E-state index in [0.29, 0.717) is 26.2 Å². The third-order valence-electron chi connectivity index (χ3n) is 4.80. The zero-order chi connectivity index (χ0) is 18.9. The molecule has 0 atom stereocenters. The quantitative estimate of drug-likeness (QED) is 0.718. The fraction of sp³-hybridized carbons (Fsp3) is 0.409. The summed E-state index contributed by atoms with van der Waals surface area (Å²) >= 11 is 0. The van der Waals surface area contributed by atoms with Gasteiger partial charge in [-0.25, -0.2) is 0 Å². The minimum Gasteiger partial charge on any atom is -0.489 e. The Morgan fingerprint density at radius 2 is 1.78 bits per heavy atom. The van der Waals surface area contributed by atoms with E-state index in [9.17, 15) is 4.79 Å². The Morgan fingerprint density at radius 1 is 0.963 bits per heavy atom. The fourth-order valence-corrected chi connectivity index (χ4v) is 3.24. The second kappa shape index (κ2) is 10.1. The first-order valence-electron chi connectivity index (χ1n) is 9.49. The molecule has 1 fully saturated rings. The van der Waals surface area contributed by atoms with E-state index in [1.54, 1.807) is 7.11 Å². The lowest BCUT2D eigenvalue weighted by Crippen LogP contribution is -2.35. The summed E-state index contributed by atoms with van der Waals surface area (Å²) in [6.07, 6.45) is 0.563. The Kier molecular flexibility index (Phi) is 7.25. The molecule has 0 spiro atoms. The number of amides is 1. The normalized spacial score (nSPS) is 15.6. The lowest BCUT2D eigenvalue weighted by Gasteiger charge is -2.22. The summed E-state index contributed by atoms with van der Waals surface area (Å²) in [7, 11) is 1.67. The van der Waals surface area contributed by atoms with Gasteiger partial charge in [0.25, 0.3) is 0 Å². The lowest BCUT2D eigenvalue weighted by atomic mass is 10.2. The fourth-order valence-electron chi connectivity index (χ4n) is 3.24. The molecule has 0 aliphatic carbocycles. The Bertz CT molecular complexity index is 721. The predicted molar refractivity (Wildman–Crippen MR) is 106 cm³/mol. The molecule has 0 bridgehead atoms. The molecule has 3 rings (SSSR count). The van der Waals surface area contributed by atoms with Crippen molar-refractivity contribution < 1.29 is 14.3 Å². The molecular formula is C22H28N2O3. The SMILES string of the molecule is COCCN1CCN(Cc2cccc(OCc3ccccc3)c2)CCC1=O. The van der Waals surface area contributed by atoms with Gasteiger partial charge in [-0.05, 0) is 23.3 Å². The van der Waals surface area contributed by atoms with Crippen LogP contribution in [0.25, 0.3) is 0 Å². The minimum atomic E-state index is 0.217. The molecule has 1 amide bonds. The van der Waals surface area contributed by atoms with E-state index < -0.39 is 0 Å². The van der Waals surface area contributed by atoms with Gasteiger partial charge in [-0.1, -0.05) is 42.5 Å². The summed E-state index contributed by atoms with van der Waals surface area (Å²) in [4.78, 5) is 16.5. The van der Waals surface area contributed by atoms with Crippen LogP contribution in [0.5, 0.6) is 5.75 Å². The van der Waals surface area contributed by atoms with Crippen LogP contribution in [0.1, 0.15) is 17.5 Å². The molecule has 144 valence electrons. The number of benzene rings is 2. The van der Waals surface area contributed by atoms with Gasteiger partial charge in [0.2, 0.25) is 5.91 Å². The van der Waals surface area contributed by atoms with Crippen molar-refractivity contribution in [1.82, 2.24) is 9.80 Å². The summed E-state index contributed by atoms with van der Waals surface area (Å²) < 4.78 is 11.0. The van der Waals surface area contributed by atoms with Gasteiger partial charge < -0.3 is 14.4 Å². The predicted octanol–water partition coefficient (Wildman–Crippen LogP) is 2.95. The van der Waals surface area contributed by atoms with Crippen molar-refractivity contribution in [3.8, 4) is 5.75 Å². The van der Waals surface area contributed by atoms with Crippen molar-refractivity contribution in [2.24, 2.45) is 0 Å². The maximum absolute atomic E-state index is 12.2. The first-order valence-corrected chi connectivity index (χ1v) is 9.49. The molecule has 5 heteroatoms. The summed E-state index contributed by atoms with van der Waals surface area (Å²) in [5.41, 5.74) is 2.36. The smallest absolute Gasteiger partial charge is 0.223 e. The molecule has 2 aromatic carbocycles. The highest BCUT2D eigenvalue weighted by molar-refractivity contribution is 5.76. The molecule has 0 unspecified atom stereocenters. The molecule has 0 aromatic heterocycles. The van der Waals surface area contributed by atoms with Gasteiger partial charge in [0.1, 0.15) is 12.4 Å². The maximum Gasteiger partial charge on any atom is 0.223 e. The van der Waals surface area contributed by atoms with Gasteiger partial charge >= 0.3 is 0 Å². The van der Waals surface area contributed by atoms with E-state index in [4.69, 9.17) is 9.47 Å². The molecule has 1 saturated heterocycles. The maximum atomic E-state index is 12.2. The number of hydrogen-bond acceptors (Lipinski definition) is 4. The van der Waals surface area contributed by atoms with Crippen LogP contribution in [0, 0.1) is 0 Å². The molecule has 0 radical (unpaired) electrons. The van der Waals surface area contributed by atoms with Crippen LogP contribution < -0.4 is 4.74 Å². The van der Waals surface area contributed by atoms with E-state index in [0.717, 1.165) is 37.5 Å². The van der Waals surface area contributed by atoms with Crippen molar-refractivity contribution in [1.29, 1.82) is 0 Å². The Hall–Kier alpha value is -2.37. The molecular weight excluding hydrogens is 340 g/mol. The number of methoxy groups -OCH3 is 1. The van der Waals surface area contributed by atoms with Gasteiger partial charge in [-0.2, -0.15) is 0 Å². The Balaban J connectivity index is 1.53. The van der Waals surface area contributed by atoms with E-state index in [-0.39, 0.29) is 5.91 Å². The summed E-state index contributed by atoms with van der Waals surface area (Å²) in [6, 6.07) is 18.4. The van der Waals surface area contributed by atoms with Crippen molar-refractivity contribution >= 4 is 5.91 Å². The van der Waals surface area contributed by atoms with E-state index >= 15 is 0 Å². The van der Waals surface area contributed by atoms with Crippen molar-refractivity contribution in [3.05, 3.63) is 65.7 Å². The average molecular weight is 368 g/mol. The first-order chi connectivity index (χ1) is 13.2. The monoisotopic (exact) mass is 368 g/mol. The van der Waals surface area contributed by atoms with Gasteiger partial charge in [-0.15, -0.1) is 0 Å². The highest BCUT2D eigenvalue weighted by Crippen LogP contribution is 2.17. The van der Waals surface area contributed by atoms with Crippen molar-refractivity contribution in [3.63, 3.8) is 0 Å². The van der Waals surface area contributed by atoms with Gasteiger partial charge in [-0.3, -0.25) is 9.69 Å². The molecule has 1 heterocycles. The number of nitrogens with zero attached hydrogens (tertiary/aromatic N) is 2. The summed E-state index contributed by atoms with van der Waals surface area (Å²) in [6.45, 7) is 5.08. The molecule has 0 saturated carbocycles. The molecule has 1 aliphatic rings. The van der Waals surface area contributed by atoms with Gasteiger partial charge in [0, 0.05) is 46.3 Å². The third-order valence-corrected chi connectivity index (χ3v) is 4.80. The highest BCUT2D eigenvalue weighted by Gasteiger charge is 2.20. The number of carbonyl (C=O) groups excluding carboxylic acids is 1. The van der Waals surface area contributed by atoms with Gasteiger partial charge in [0.05, 0.1) is 6.61 Å². The topological polar surface area (TPSA) is 42.0 Å². The first kappa shape index (κ1) is 19.4. The van der Waals surface area contributed by atoms with Crippen molar-refractivity contribution in [2.75, 3.05) is 39.9 Å². The zero-order valence-corrected chi connectivity index (χ0v) is 16.0. The minimum absolute atomic E-state index is 0.217. The largest absolute Gasteiger partial charge is 0.489 e. The van der Waals surface area contributed by atoms with E-state index in [1.807, 2.05) is 35.2 Å². The van der Waals surface area contributed by atoms with Crippen LogP contribution >= 0.6 is 0 Å². The standard InChI is InChI=1S/C22H28N2O3/c1-26-15-14-24-13-12-23(11-10-22(24)25)17-20-8-5-9-21(16-20)27-18-19-6-3-2-4-7-19/h2-9,16H,10-15,17-18H2,1H3. The molecule has 0 N–H and O–H groups in total. The third kappa shape index (κ3) is 6.08. The number of ether oxygens (including phenoxy) is 2. The van der Waals surface area contributed by atoms with Gasteiger partial charge in [0.15, 0.2) is 0 Å². The number of carbonyl (C=O) groups is 1. The van der Waals surface area contributed by atoms with E-state index in [2.05, 4.69) is 29.2 Å². The van der Waals surface area contributed by atoms with Crippen LogP contribution in [0.3, 0.4) is 0 Å². The van der Waals surface area contributed by atoms with E-state index in [1.165, 1.54) is 5.56 Å². The lowest BCUT2D eigenvalue weighted by molar-refractivity contribution is -0.130. The molecule has 2 aromatic rings. The van der Waals surface area contributed by atoms with Crippen LogP contribution in [-0.4, -0.2) is 55.6 Å². The van der Waals surface area contributed by atoms with Crippen LogP contribution in [0.2, 0.25) is 0 Å². The van der Waals surface area contributed by atoms with Crippen LogP contribution in [-0.2, 0) is 22.7 Å². The number of hydrogen-bond donors (Lipinski definition) is 0. The average Bonchev–Trinajstić information content (AvgIpc) is 2.87. The number of rotatable bonds is 8. The Labute approximate surface area is 161 Å². The second-order valence-corrected chi connectivity index (χ2v) is 6.82.